The Morgan fingerprint density at radius 3 is 2.37 bits per heavy atom. The van der Waals surface area contributed by atoms with E-state index in [9.17, 15) is 14.4 Å². The summed E-state index contributed by atoms with van der Waals surface area (Å²) in [4.78, 5) is 34.2. The van der Waals surface area contributed by atoms with Crippen LogP contribution in [0.4, 0.5) is 0 Å². The van der Waals surface area contributed by atoms with Gasteiger partial charge in [0.15, 0.2) is 0 Å². The maximum Gasteiger partial charge on any atom is 0.319 e. The summed E-state index contributed by atoms with van der Waals surface area (Å²) < 4.78 is 4.78. The molecule has 0 aromatic heterocycles. The predicted molar refractivity (Wildman–Crippen MR) is 66.4 cm³/mol. The van der Waals surface area contributed by atoms with Gasteiger partial charge in [-0.15, -0.1) is 0 Å². The van der Waals surface area contributed by atoms with Crippen molar-refractivity contribution in [3.63, 3.8) is 0 Å². The Bertz CT molecular complexity index is 352. The molecule has 0 aliphatic heterocycles. The summed E-state index contributed by atoms with van der Waals surface area (Å²) in [6.07, 6.45) is 1.62. The Balaban J connectivity index is 2.23. The number of rotatable bonds is 8. The smallest absolute Gasteiger partial charge is 0.319 e. The van der Waals surface area contributed by atoms with Crippen LogP contribution in [0.1, 0.15) is 25.7 Å². The number of nitrogens with one attached hydrogen (secondary N) is 2. The van der Waals surface area contributed by atoms with E-state index in [1.165, 1.54) is 7.11 Å². The summed E-state index contributed by atoms with van der Waals surface area (Å²) in [5, 5.41) is 14.2. The van der Waals surface area contributed by atoms with Crippen molar-refractivity contribution in [3.05, 3.63) is 0 Å². The minimum atomic E-state index is -1.27. The van der Waals surface area contributed by atoms with Gasteiger partial charge in [-0.3, -0.25) is 14.4 Å². The summed E-state index contributed by atoms with van der Waals surface area (Å²) >= 11 is 0. The monoisotopic (exact) mass is 272 g/mol. The molecule has 0 radical (unpaired) electrons. The first-order valence-electron chi connectivity index (χ1n) is 6.30. The molecule has 1 rings (SSSR count). The number of carbonyl (C=O) groups is 3. The SMILES string of the molecule is COCCNC(=O)CCNC(=O)C1(C(=O)O)CCC1. The van der Waals surface area contributed by atoms with Crippen LogP contribution in [-0.4, -0.2) is 49.7 Å². The number of hydrogen-bond donors (Lipinski definition) is 3. The zero-order chi connectivity index (χ0) is 14.3. The third-order valence-corrected chi connectivity index (χ3v) is 3.32. The molecule has 0 bridgehead atoms. The summed E-state index contributed by atoms with van der Waals surface area (Å²) in [5.74, 6) is -1.77. The number of aliphatic carboxylic acids is 1. The van der Waals surface area contributed by atoms with Crippen molar-refractivity contribution < 1.29 is 24.2 Å². The average Bonchev–Trinajstić information content (AvgIpc) is 2.27. The molecular formula is C12H20N2O5. The second-order valence-corrected chi connectivity index (χ2v) is 4.59. The molecule has 0 saturated heterocycles. The average molecular weight is 272 g/mol. The number of ether oxygens (including phenoxy) is 1. The van der Waals surface area contributed by atoms with E-state index < -0.39 is 17.3 Å². The highest BCUT2D eigenvalue weighted by Crippen LogP contribution is 2.41. The Morgan fingerprint density at radius 2 is 1.89 bits per heavy atom. The number of carboxylic acids is 1. The van der Waals surface area contributed by atoms with E-state index >= 15 is 0 Å². The van der Waals surface area contributed by atoms with Crippen LogP contribution in [0.15, 0.2) is 0 Å². The van der Waals surface area contributed by atoms with Gasteiger partial charge in [-0.25, -0.2) is 0 Å². The van der Waals surface area contributed by atoms with Gasteiger partial charge in [-0.1, -0.05) is 6.42 Å². The second-order valence-electron chi connectivity index (χ2n) is 4.59. The molecule has 0 spiro atoms. The largest absolute Gasteiger partial charge is 0.480 e. The van der Waals surface area contributed by atoms with Crippen molar-refractivity contribution in [3.8, 4) is 0 Å². The number of amides is 2. The number of hydrogen-bond acceptors (Lipinski definition) is 4. The fourth-order valence-corrected chi connectivity index (χ4v) is 1.91. The van der Waals surface area contributed by atoms with Crippen LogP contribution in [0.25, 0.3) is 0 Å². The molecule has 7 nitrogen and oxygen atoms in total. The maximum atomic E-state index is 11.8. The maximum absolute atomic E-state index is 11.8. The lowest BCUT2D eigenvalue weighted by molar-refractivity contribution is -0.162. The van der Waals surface area contributed by atoms with Crippen molar-refractivity contribution >= 4 is 17.8 Å². The minimum absolute atomic E-state index is 0.130. The molecule has 19 heavy (non-hydrogen) atoms. The van der Waals surface area contributed by atoms with E-state index in [2.05, 4.69) is 10.6 Å². The van der Waals surface area contributed by atoms with Crippen LogP contribution in [0.3, 0.4) is 0 Å². The Labute approximate surface area is 111 Å². The van der Waals surface area contributed by atoms with Gasteiger partial charge >= 0.3 is 5.97 Å². The predicted octanol–water partition coefficient (Wildman–Crippen LogP) is -0.490. The second kappa shape index (κ2) is 7.08. The standard InChI is InChI=1S/C12H20N2O5/c1-19-8-7-13-9(15)3-6-14-10(16)12(11(17)18)4-2-5-12/h2-8H2,1H3,(H,13,15)(H,14,16)(H,17,18). The molecule has 3 N–H and O–H groups in total. The third kappa shape index (κ3) is 3.92. The topological polar surface area (TPSA) is 105 Å². The lowest BCUT2D eigenvalue weighted by Crippen LogP contribution is -2.51. The molecule has 0 unspecified atom stereocenters. The zero-order valence-electron chi connectivity index (χ0n) is 11.0. The van der Waals surface area contributed by atoms with Crippen LogP contribution in [0, 0.1) is 5.41 Å². The minimum Gasteiger partial charge on any atom is -0.480 e. The fraction of sp³-hybridized carbons (Fsp3) is 0.750. The van der Waals surface area contributed by atoms with Gasteiger partial charge in [-0.05, 0) is 12.8 Å². The lowest BCUT2D eigenvalue weighted by Gasteiger charge is -2.35. The van der Waals surface area contributed by atoms with Crippen molar-refractivity contribution in [1.82, 2.24) is 10.6 Å². The quantitative estimate of drug-likeness (QED) is 0.408. The normalized spacial score (nSPS) is 16.3. The van der Waals surface area contributed by atoms with Gasteiger partial charge in [0, 0.05) is 26.6 Å². The van der Waals surface area contributed by atoms with Gasteiger partial charge in [0.1, 0.15) is 5.41 Å². The van der Waals surface area contributed by atoms with Crippen molar-refractivity contribution in [1.29, 1.82) is 0 Å². The highest BCUT2D eigenvalue weighted by molar-refractivity contribution is 6.02. The molecule has 1 aliphatic carbocycles. The number of carbonyl (C=O) groups excluding carboxylic acids is 2. The first-order valence-corrected chi connectivity index (χ1v) is 6.30. The van der Waals surface area contributed by atoms with Gasteiger partial charge in [0.2, 0.25) is 11.8 Å². The van der Waals surface area contributed by atoms with Gasteiger partial charge in [0.25, 0.3) is 0 Å². The van der Waals surface area contributed by atoms with Crippen molar-refractivity contribution in [2.45, 2.75) is 25.7 Å². The first-order chi connectivity index (χ1) is 9.03. The van der Waals surface area contributed by atoms with Crippen LogP contribution in [0.5, 0.6) is 0 Å². The van der Waals surface area contributed by atoms with Crippen molar-refractivity contribution in [2.75, 3.05) is 26.8 Å². The zero-order valence-corrected chi connectivity index (χ0v) is 11.0. The molecule has 1 saturated carbocycles. The molecule has 108 valence electrons. The first kappa shape index (κ1) is 15.4. The highest BCUT2D eigenvalue weighted by atomic mass is 16.5. The molecule has 7 heteroatoms. The summed E-state index contributed by atoms with van der Waals surface area (Å²) in [5.41, 5.74) is -1.27. The highest BCUT2D eigenvalue weighted by Gasteiger charge is 2.50. The Hall–Kier alpha value is -1.63. The molecule has 0 aromatic rings. The van der Waals surface area contributed by atoms with Gasteiger partial charge in [-0.2, -0.15) is 0 Å². The van der Waals surface area contributed by atoms with Crippen LogP contribution in [-0.2, 0) is 19.1 Å². The molecule has 0 heterocycles. The van der Waals surface area contributed by atoms with Crippen LogP contribution >= 0.6 is 0 Å². The van der Waals surface area contributed by atoms with E-state index in [0.717, 1.165) is 6.42 Å². The van der Waals surface area contributed by atoms with E-state index in [4.69, 9.17) is 9.84 Å². The molecular weight excluding hydrogens is 252 g/mol. The van der Waals surface area contributed by atoms with E-state index in [1.807, 2.05) is 0 Å². The summed E-state index contributed by atoms with van der Waals surface area (Å²) in [7, 11) is 1.54. The van der Waals surface area contributed by atoms with E-state index in [0.29, 0.717) is 26.0 Å². The van der Waals surface area contributed by atoms with Gasteiger partial charge < -0.3 is 20.5 Å². The molecule has 2 amide bonds. The molecule has 1 aliphatic rings. The number of carboxylic acid groups (broad SMARTS) is 1. The van der Waals surface area contributed by atoms with Crippen LogP contribution in [0.2, 0.25) is 0 Å². The molecule has 0 atom stereocenters. The van der Waals surface area contributed by atoms with Gasteiger partial charge in [0.05, 0.1) is 6.61 Å². The molecule has 0 aromatic carbocycles. The fourth-order valence-electron chi connectivity index (χ4n) is 1.91. The van der Waals surface area contributed by atoms with E-state index in [1.54, 1.807) is 0 Å². The third-order valence-electron chi connectivity index (χ3n) is 3.32. The van der Waals surface area contributed by atoms with Crippen molar-refractivity contribution in [2.24, 2.45) is 5.41 Å². The van der Waals surface area contributed by atoms with E-state index in [-0.39, 0.29) is 18.9 Å². The summed E-state index contributed by atoms with van der Waals surface area (Å²) in [6, 6.07) is 0. The summed E-state index contributed by atoms with van der Waals surface area (Å²) in [6.45, 7) is 0.995. The molecule has 1 fully saturated rings. The number of methoxy groups -OCH3 is 1. The lowest BCUT2D eigenvalue weighted by atomic mass is 9.68. The Morgan fingerprint density at radius 1 is 1.21 bits per heavy atom. The van der Waals surface area contributed by atoms with Crippen LogP contribution < -0.4 is 10.6 Å². The Kier molecular flexibility index (Phi) is 5.75.